The van der Waals surface area contributed by atoms with E-state index in [0.717, 1.165) is 16.6 Å². The molecule has 1 aromatic heterocycles. The van der Waals surface area contributed by atoms with E-state index < -0.39 is 0 Å². The molecule has 2 aromatic rings. The number of methoxy groups -OCH3 is 1. The molecule has 0 saturated heterocycles. The minimum atomic E-state index is 0.242. The zero-order valence-electron chi connectivity index (χ0n) is 11.1. The highest BCUT2D eigenvalue weighted by Crippen LogP contribution is 2.28. The third kappa shape index (κ3) is 3.47. The molecule has 0 amide bonds. The summed E-state index contributed by atoms with van der Waals surface area (Å²) >= 11 is 3.46. The molecular formula is C15H17BrN2O. The zero-order valence-corrected chi connectivity index (χ0v) is 12.6. The summed E-state index contributed by atoms with van der Waals surface area (Å²) in [5.41, 5.74) is 2.16. The molecule has 0 bridgehead atoms. The Bertz CT molecular complexity index is 528. The third-order valence-electron chi connectivity index (χ3n) is 2.97. The number of nitrogens with one attached hydrogen (secondary N) is 1. The first-order valence-electron chi connectivity index (χ1n) is 6.25. The van der Waals surface area contributed by atoms with E-state index in [4.69, 9.17) is 4.74 Å². The van der Waals surface area contributed by atoms with Crippen LogP contribution in [0, 0.1) is 0 Å². The predicted octanol–water partition coefficient (Wildman–Crippen LogP) is 4.42. The summed E-state index contributed by atoms with van der Waals surface area (Å²) in [6.07, 6.45) is 2.71. The van der Waals surface area contributed by atoms with Gasteiger partial charge in [0.15, 0.2) is 0 Å². The van der Waals surface area contributed by atoms with E-state index in [0.29, 0.717) is 5.88 Å². The molecule has 0 aliphatic carbocycles. The Morgan fingerprint density at radius 2 is 2.00 bits per heavy atom. The summed E-state index contributed by atoms with van der Waals surface area (Å²) in [6, 6.07) is 12.5. The first-order valence-corrected chi connectivity index (χ1v) is 7.05. The summed E-state index contributed by atoms with van der Waals surface area (Å²) in [6.45, 7) is 2.16. The van der Waals surface area contributed by atoms with Gasteiger partial charge in [0.05, 0.1) is 18.8 Å². The number of benzene rings is 1. The number of hydrogen-bond acceptors (Lipinski definition) is 3. The second kappa shape index (κ2) is 6.57. The molecule has 3 nitrogen and oxygen atoms in total. The molecule has 0 radical (unpaired) electrons. The topological polar surface area (TPSA) is 34.2 Å². The normalized spacial score (nSPS) is 11.9. The van der Waals surface area contributed by atoms with Crippen LogP contribution in [0.3, 0.4) is 0 Å². The summed E-state index contributed by atoms with van der Waals surface area (Å²) < 4.78 is 6.35. The van der Waals surface area contributed by atoms with Crippen LogP contribution >= 0.6 is 15.9 Å². The van der Waals surface area contributed by atoms with E-state index in [2.05, 4.69) is 57.4 Å². The smallest absolute Gasteiger partial charge is 0.237 e. The van der Waals surface area contributed by atoms with Gasteiger partial charge in [0.2, 0.25) is 5.88 Å². The van der Waals surface area contributed by atoms with E-state index in [1.165, 1.54) is 5.56 Å². The zero-order chi connectivity index (χ0) is 13.7. The highest BCUT2D eigenvalue weighted by atomic mass is 79.9. The summed E-state index contributed by atoms with van der Waals surface area (Å²) in [5, 5.41) is 3.48. The summed E-state index contributed by atoms with van der Waals surface area (Å²) in [5.74, 6) is 0.623. The molecule has 1 N–H and O–H groups in total. The largest absolute Gasteiger partial charge is 0.480 e. The van der Waals surface area contributed by atoms with Crippen LogP contribution in [0.25, 0.3) is 0 Å². The average molecular weight is 321 g/mol. The Morgan fingerprint density at radius 3 is 2.63 bits per heavy atom. The Morgan fingerprint density at radius 1 is 1.26 bits per heavy atom. The van der Waals surface area contributed by atoms with E-state index in [1.54, 1.807) is 13.3 Å². The van der Waals surface area contributed by atoms with Gasteiger partial charge in [-0.1, -0.05) is 35.0 Å². The highest BCUT2D eigenvalue weighted by Gasteiger charge is 2.12. The third-order valence-corrected chi connectivity index (χ3v) is 3.50. The van der Waals surface area contributed by atoms with Crippen molar-refractivity contribution in [1.82, 2.24) is 4.98 Å². The number of halogens is 1. The molecule has 0 aliphatic rings. The first-order chi connectivity index (χ1) is 9.24. The Labute approximate surface area is 122 Å². The van der Waals surface area contributed by atoms with Crippen LogP contribution in [-0.4, -0.2) is 12.1 Å². The maximum Gasteiger partial charge on any atom is 0.237 e. The van der Waals surface area contributed by atoms with Crippen molar-refractivity contribution in [2.75, 3.05) is 12.4 Å². The molecule has 19 heavy (non-hydrogen) atoms. The quantitative estimate of drug-likeness (QED) is 0.885. The lowest BCUT2D eigenvalue weighted by atomic mass is 10.0. The van der Waals surface area contributed by atoms with E-state index in [9.17, 15) is 0 Å². The van der Waals surface area contributed by atoms with Gasteiger partial charge in [0.1, 0.15) is 0 Å². The molecule has 1 heterocycles. The van der Waals surface area contributed by atoms with Crippen molar-refractivity contribution < 1.29 is 4.74 Å². The van der Waals surface area contributed by atoms with Crippen LogP contribution < -0.4 is 10.1 Å². The van der Waals surface area contributed by atoms with Gasteiger partial charge < -0.3 is 10.1 Å². The van der Waals surface area contributed by atoms with Crippen LogP contribution in [0.5, 0.6) is 5.88 Å². The van der Waals surface area contributed by atoms with Crippen LogP contribution in [0.15, 0.2) is 47.1 Å². The Hall–Kier alpha value is -1.55. The molecule has 4 heteroatoms. The van der Waals surface area contributed by atoms with Crippen molar-refractivity contribution >= 4 is 21.6 Å². The van der Waals surface area contributed by atoms with Gasteiger partial charge in [-0.05, 0) is 36.2 Å². The Balaban J connectivity index is 2.21. The van der Waals surface area contributed by atoms with Gasteiger partial charge in [-0.2, -0.15) is 0 Å². The van der Waals surface area contributed by atoms with Gasteiger partial charge in [0, 0.05) is 10.7 Å². The fourth-order valence-electron chi connectivity index (χ4n) is 1.97. The highest BCUT2D eigenvalue weighted by molar-refractivity contribution is 9.10. The number of ether oxygens (including phenoxy) is 1. The predicted molar refractivity (Wildman–Crippen MR) is 81.6 cm³/mol. The minimum Gasteiger partial charge on any atom is -0.480 e. The molecule has 0 fully saturated rings. The monoisotopic (exact) mass is 320 g/mol. The maximum absolute atomic E-state index is 5.26. The summed E-state index contributed by atoms with van der Waals surface area (Å²) in [4.78, 5) is 4.20. The molecule has 0 aliphatic heterocycles. The van der Waals surface area contributed by atoms with Crippen molar-refractivity contribution in [3.8, 4) is 5.88 Å². The molecule has 2 rings (SSSR count). The van der Waals surface area contributed by atoms with Crippen LogP contribution in [0.2, 0.25) is 0 Å². The van der Waals surface area contributed by atoms with Gasteiger partial charge in [-0.15, -0.1) is 0 Å². The maximum atomic E-state index is 5.26. The van der Waals surface area contributed by atoms with Crippen molar-refractivity contribution in [2.45, 2.75) is 19.4 Å². The minimum absolute atomic E-state index is 0.242. The van der Waals surface area contributed by atoms with Crippen LogP contribution in [-0.2, 0) is 0 Å². The Kier molecular flexibility index (Phi) is 4.80. The molecular weight excluding hydrogens is 304 g/mol. The van der Waals surface area contributed by atoms with Crippen molar-refractivity contribution in [3.05, 3.63) is 52.6 Å². The lowest BCUT2D eigenvalue weighted by Crippen LogP contribution is -2.10. The second-order valence-electron chi connectivity index (χ2n) is 4.22. The fourth-order valence-corrected chi connectivity index (χ4v) is 2.23. The standard InChI is InChI=1S/C15H17BrN2O/c1-3-13(11-6-8-12(16)9-7-11)18-14-5-4-10-17-15(14)19-2/h4-10,13,18H,3H2,1-2H3. The molecule has 0 saturated carbocycles. The average Bonchev–Trinajstić information content (AvgIpc) is 2.46. The van der Waals surface area contributed by atoms with Crippen LogP contribution in [0.1, 0.15) is 24.9 Å². The second-order valence-corrected chi connectivity index (χ2v) is 5.13. The molecule has 1 atom stereocenters. The fraction of sp³-hybridized carbons (Fsp3) is 0.267. The number of pyridine rings is 1. The van der Waals surface area contributed by atoms with E-state index in [-0.39, 0.29) is 6.04 Å². The molecule has 1 unspecified atom stereocenters. The van der Waals surface area contributed by atoms with Crippen molar-refractivity contribution in [2.24, 2.45) is 0 Å². The number of anilines is 1. The lowest BCUT2D eigenvalue weighted by Gasteiger charge is -2.20. The number of rotatable bonds is 5. The SMILES string of the molecule is CCC(Nc1cccnc1OC)c1ccc(Br)cc1. The van der Waals surface area contributed by atoms with E-state index in [1.807, 2.05) is 12.1 Å². The number of nitrogens with zero attached hydrogens (tertiary/aromatic N) is 1. The van der Waals surface area contributed by atoms with Gasteiger partial charge in [-0.25, -0.2) is 4.98 Å². The van der Waals surface area contributed by atoms with Crippen molar-refractivity contribution in [3.63, 3.8) is 0 Å². The lowest BCUT2D eigenvalue weighted by molar-refractivity contribution is 0.399. The van der Waals surface area contributed by atoms with E-state index >= 15 is 0 Å². The molecule has 0 spiro atoms. The molecule has 100 valence electrons. The van der Waals surface area contributed by atoms with Crippen LogP contribution in [0.4, 0.5) is 5.69 Å². The first kappa shape index (κ1) is 13.9. The summed E-state index contributed by atoms with van der Waals surface area (Å²) in [7, 11) is 1.63. The molecule has 1 aromatic carbocycles. The van der Waals surface area contributed by atoms with Gasteiger partial charge in [0.25, 0.3) is 0 Å². The van der Waals surface area contributed by atoms with Gasteiger partial charge >= 0.3 is 0 Å². The van der Waals surface area contributed by atoms with Gasteiger partial charge in [-0.3, -0.25) is 0 Å². The van der Waals surface area contributed by atoms with Crippen molar-refractivity contribution in [1.29, 1.82) is 0 Å². The number of aromatic nitrogens is 1. The number of hydrogen-bond donors (Lipinski definition) is 1.